The molecule has 2 aromatic carbocycles. The van der Waals surface area contributed by atoms with Crippen LogP contribution in [0.1, 0.15) is 49.3 Å². The quantitative estimate of drug-likeness (QED) is 0.202. The molecule has 13 heteroatoms. The molecule has 0 amide bonds. The van der Waals surface area contributed by atoms with Gasteiger partial charge in [-0.15, -0.1) is 0 Å². The maximum absolute atomic E-state index is 14.2. The van der Waals surface area contributed by atoms with E-state index in [4.69, 9.17) is 37.4 Å². The zero-order valence-electron chi connectivity index (χ0n) is 26.7. The van der Waals surface area contributed by atoms with E-state index < -0.39 is 18.0 Å². The third kappa shape index (κ3) is 6.74. The summed E-state index contributed by atoms with van der Waals surface area (Å²) in [5.74, 6) is -0.487. The Kier molecular flexibility index (Phi) is 10.3. The second-order valence-corrected chi connectivity index (χ2v) is 12.4. The molecule has 4 aromatic rings. The average molecular weight is 699 g/mol. The molecule has 1 aliphatic rings. The molecular weight excluding hydrogens is 665 g/mol. The van der Waals surface area contributed by atoms with Crippen molar-refractivity contribution in [3.05, 3.63) is 106 Å². The third-order valence-electron chi connectivity index (χ3n) is 7.59. The minimum atomic E-state index is -0.870. The highest BCUT2D eigenvalue weighted by Gasteiger charge is 2.34. The molecule has 3 heterocycles. The number of benzene rings is 2. The summed E-state index contributed by atoms with van der Waals surface area (Å²) in [5, 5.41) is 0.901. The van der Waals surface area contributed by atoms with Crippen molar-refractivity contribution < 1.29 is 28.5 Å². The third-order valence-corrected chi connectivity index (χ3v) is 9.31. The van der Waals surface area contributed by atoms with Crippen LogP contribution in [0.4, 0.5) is 0 Å². The number of methoxy groups -OCH3 is 1. The van der Waals surface area contributed by atoms with Crippen LogP contribution in [0, 0.1) is 13.8 Å². The van der Waals surface area contributed by atoms with Crippen LogP contribution < -0.4 is 24.4 Å². The molecule has 0 saturated carbocycles. The molecule has 0 fully saturated rings. The molecular formula is C34H33Cl2N3O7S. The first-order valence-corrected chi connectivity index (χ1v) is 16.4. The number of allylic oxidation sites excluding steroid dienone is 1. The Balaban J connectivity index is 1.66. The van der Waals surface area contributed by atoms with Gasteiger partial charge in [0.1, 0.15) is 0 Å². The first-order chi connectivity index (χ1) is 22.5. The fourth-order valence-corrected chi connectivity index (χ4v) is 6.81. The number of hydrogen-bond acceptors (Lipinski definition) is 9. The van der Waals surface area contributed by atoms with Gasteiger partial charge >= 0.3 is 11.9 Å². The molecule has 0 aliphatic carbocycles. The molecule has 1 atom stereocenters. The lowest BCUT2D eigenvalue weighted by atomic mass is 9.95. The van der Waals surface area contributed by atoms with Gasteiger partial charge < -0.3 is 23.5 Å². The summed E-state index contributed by atoms with van der Waals surface area (Å²) in [6.45, 7) is 9.32. The van der Waals surface area contributed by atoms with Gasteiger partial charge in [-0.2, -0.15) is 0 Å². The molecule has 0 N–H and O–H groups in total. The summed E-state index contributed by atoms with van der Waals surface area (Å²) in [7, 11) is 1.27. The number of fused-ring (bicyclic) bond motifs is 1. The fourth-order valence-electron chi connectivity index (χ4n) is 5.48. The summed E-state index contributed by atoms with van der Waals surface area (Å²) in [5.41, 5.74) is 4.43. The molecule has 1 aliphatic heterocycles. The van der Waals surface area contributed by atoms with E-state index in [1.807, 2.05) is 43.5 Å². The van der Waals surface area contributed by atoms with Gasteiger partial charge in [0.2, 0.25) is 0 Å². The molecule has 0 unspecified atom stereocenters. The topological polar surface area (TPSA) is 110 Å². The zero-order chi connectivity index (χ0) is 34.0. The number of carbonyl (C=O) groups excluding carboxylic acids is 2. The molecule has 246 valence electrons. The van der Waals surface area contributed by atoms with Gasteiger partial charge in [-0.05, 0) is 88.2 Å². The Labute approximate surface area is 285 Å². The lowest BCUT2D eigenvalue weighted by Crippen LogP contribution is -2.40. The van der Waals surface area contributed by atoms with E-state index in [1.54, 1.807) is 44.2 Å². The van der Waals surface area contributed by atoms with E-state index in [1.165, 1.54) is 23.0 Å². The Morgan fingerprint density at radius 1 is 0.979 bits per heavy atom. The number of rotatable bonds is 10. The maximum atomic E-state index is 14.2. The molecule has 0 bridgehead atoms. The van der Waals surface area contributed by atoms with Gasteiger partial charge in [-0.25, -0.2) is 14.6 Å². The van der Waals surface area contributed by atoms with E-state index >= 15 is 0 Å². The van der Waals surface area contributed by atoms with Crippen molar-refractivity contribution in [3.63, 3.8) is 0 Å². The first-order valence-electron chi connectivity index (χ1n) is 14.8. The number of aromatic nitrogens is 2. The smallest absolute Gasteiger partial charge is 0.343 e. The number of hydrogen-bond donors (Lipinski definition) is 0. The molecule has 47 heavy (non-hydrogen) atoms. The van der Waals surface area contributed by atoms with E-state index in [0.717, 1.165) is 22.6 Å². The van der Waals surface area contributed by atoms with E-state index in [9.17, 15) is 14.4 Å². The molecule has 0 saturated heterocycles. The van der Waals surface area contributed by atoms with E-state index in [-0.39, 0.29) is 24.3 Å². The average Bonchev–Trinajstić information content (AvgIpc) is 3.50. The minimum Gasteiger partial charge on any atom is -0.490 e. The maximum Gasteiger partial charge on any atom is 0.343 e. The van der Waals surface area contributed by atoms with Gasteiger partial charge in [0.15, 0.2) is 22.9 Å². The van der Waals surface area contributed by atoms with Crippen LogP contribution >= 0.6 is 34.5 Å². The highest BCUT2D eigenvalue weighted by Crippen LogP contribution is 2.36. The summed E-state index contributed by atoms with van der Waals surface area (Å²) < 4.78 is 25.6. The summed E-state index contributed by atoms with van der Waals surface area (Å²) in [6.07, 6.45) is 1.83. The van der Waals surface area contributed by atoms with Gasteiger partial charge in [-0.3, -0.25) is 9.36 Å². The lowest BCUT2D eigenvalue weighted by Gasteiger charge is -2.25. The van der Waals surface area contributed by atoms with Gasteiger partial charge in [-0.1, -0.05) is 40.6 Å². The van der Waals surface area contributed by atoms with Gasteiger partial charge in [0.25, 0.3) is 5.56 Å². The largest absolute Gasteiger partial charge is 0.490 e. The van der Waals surface area contributed by atoms with Crippen molar-refractivity contribution >= 4 is 52.6 Å². The molecule has 5 rings (SSSR count). The second kappa shape index (κ2) is 14.2. The number of nitrogens with zero attached hydrogens (tertiary/aromatic N) is 3. The predicted molar refractivity (Wildman–Crippen MR) is 181 cm³/mol. The van der Waals surface area contributed by atoms with Gasteiger partial charge in [0.05, 0.1) is 52.2 Å². The minimum absolute atomic E-state index is 0.145. The van der Waals surface area contributed by atoms with Crippen LogP contribution in [0.25, 0.3) is 11.8 Å². The summed E-state index contributed by atoms with van der Waals surface area (Å²) in [6, 6.07) is 11.6. The number of carbonyl (C=O) groups is 2. The van der Waals surface area contributed by atoms with Crippen LogP contribution in [0.15, 0.2) is 63.5 Å². The second-order valence-electron chi connectivity index (χ2n) is 10.6. The molecule has 10 nitrogen and oxygen atoms in total. The zero-order valence-corrected chi connectivity index (χ0v) is 29.0. The van der Waals surface area contributed by atoms with E-state index in [2.05, 4.69) is 9.73 Å². The van der Waals surface area contributed by atoms with Crippen LogP contribution in [-0.2, 0) is 19.1 Å². The Hall–Kier alpha value is -4.32. The van der Waals surface area contributed by atoms with Crippen molar-refractivity contribution in [2.45, 2.75) is 40.7 Å². The van der Waals surface area contributed by atoms with Crippen molar-refractivity contribution in [2.75, 3.05) is 26.9 Å². The SMILES string of the molecule is CCOC(=O)C1=C(C)N=c2s/c(=C/c3cc(C)n(-c4ccc(Cl)c(Cl)c4)c3C)c(=O)n2[C@@H]1c1ccc(OCC(=O)OC)c(OCC)c1. The number of esters is 2. The van der Waals surface area contributed by atoms with Crippen molar-refractivity contribution in [1.29, 1.82) is 0 Å². The Morgan fingerprint density at radius 3 is 2.43 bits per heavy atom. The fraction of sp³-hybridized carbons (Fsp3) is 0.294. The monoisotopic (exact) mass is 697 g/mol. The number of thiazole rings is 1. The van der Waals surface area contributed by atoms with Gasteiger partial charge in [0, 0.05) is 17.1 Å². The molecule has 0 radical (unpaired) electrons. The standard InChI is InChI=1S/C34H33Cl2N3O7S/c1-7-44-27-14-21(9-12-26(27)46-17-29(40)43-6)31-30(33(42)45-8-2)19(4)37-34-39(31)32(41)28(47-34)15-22-13-18(3)38(20(22)5)23-10-11-24(35)25(36)16-23/h9-16,31H,7-8,17H2,1-6H3/b28-15+/t31-/m1/s1. The van der Waals surface area contributed by atoms with Crippen LogP contribution in [0.5, 0.6) is 11.5 Å². The number of ether oxygens (including phenoxy) is 4. The Morgan fingerprint density at radius 2 is 1.74 bits per heavy atom. The van der Waals surface area contributed by atoms with Crippen molar-refractivity contribution in [3.8, 4) is 17.2 Å². The predicted octanol–water partition coefficient (Wildman–Crippen LogP) is 5.46. The van der Waals surface area contributed by atoms with E-state index in [0.29, 0.717) is 48.7 Å². The normalized spacial score (nSPS) is 14.5. The van der Waals surface area contributed by atoms with Crippen LogP contribution in [0.3, 0.4) is 0 Å². The first kappa shape index (κ1) is 34.0. The highest BCUT2D eigenvalue weighted by molar-refractivity contribution is 7.07. The lowest BCUT2D eigenvalue weighted by molar-refractivity contribution is -0.143. The van der Waals surface area contributed by atoms with Crippen LogP contribution in [0.2, 0.25) is 10.0 Å². The van der Waals surface area contributed by atoms with Crippen LogP contribution in [-0.4, -0.2) is 48.0 Å². The number of aryl methyl sites for hydroxylation is 1. The molecule has 2 aromatic heterocycles. The molecule has 0 spiro atoms. The summed E-state index contributed by atoms with van der Waals surface area (Å²) >= 11 is 13.7. The van der Waals surface area contributed by atoms with Crippen molar-refractivity contribution in [2.24, 2.45) is 4.99 Å². The number of halogens is 2. The summed E-state index contributed by atoms with van der Waals surface area (Å²) in [4.78, 5) is 44.4. The Bertz CT molecular complexity index is 2090. The highest BCUT2D eigenvalue weighted by atomic mass is 35.5. The van der Waals surface area contributed by atoms with Crippen molar-refractivity contribution in [1.82, 2.24) is 9.13 Å².